The van der Waals surface area contributed by atoms with Crippen LogP contribution in [0.2, 0.25) is 0 Å². The summed E-state index contributed by atoms with van der Waals surface area (Å²) < 4.78 is 7.70. The van der Waals surface area contributed by atoms with Gasteiger partial charge in [0.05, 0.1) is 18.0 Å². The summed E-state index contributed by atoms with van der Waals surface area (Å²) >= 11 is 1.78. The summed E-state index contributed by atoms with van der Waals surface area (Å²) in [5.74, 6) is 0.635. The van der Waals surface area contributed by atoms with Gasteiger partial charge in [0.1, 0.15) is 6.33 Å². The lowest BCUT2D eigenvalue weighted by molar-refractivity contribution is 0.233. The van der Waals surface area contributed by atoms with Crippen LogP contribution in [0.15, 0.2) is 29.4 Å². The summed E-state index contributed by atoms with van der Waals surface area (Å²) in [6.07, 6.45) is 1.56. The van der Waals surface area contributed by atoms with Gasteiger partial charge in [0.15, 0.2) is 0 Å². The van der Waals surface area contributed by atoms with Crippen molar-refractivity contribution in [2.75, 3.05) is 40.3 Å². The van der Waals surface area contributed by atoms with E-state index in [1.54, 1.807) is 25.4 Å². The molecule has 20 heavy (non-hydrogen) atoms. The number of piperazine rings is 1. The lowest BCUT2D eigenvalue weighted by Crippen LogP contribution is -2.40. The fraction of sp³-hybridized carbons (Fsp3) is 0.429. The number of rotatable bonds is 3. The van der Waals surface area contributed by atoms with E-state index in [1.165, 1.54) is 0 Å². The number of likely N-dealkylation sites (N-methyl/N-ethyl adjacent to an activating group) is 1. The van der Waals surface area contributed by atoms with E-state index >= 15 is 0 Å². The number of fused-ring (bicyclic) bond motifs is 1. The van der Waals surface area contributed by atoms with Crippen LogP contribution in [0.3, 0.4) is 0 Å². The van der Waals surface area contributed by atoms with Gasteiger partial charge in [-0.3, -0.25) is 0 Å². The Bertz CT molecular complexity index is 599. The summed E-state index contributed by atoms with van der Waals surface area (Å²) in [6.45, 7) is 4.35. The second kappa shape index (κ2) is 5.95. The Hall–Kier alpha value is -1.37. The second-order valence-corrected chi connectivity index (χ2v) is 6.00. The van der Waals surface area contributed by atoms with Crippen LogP contribution in [0.25, 0.3) is 10.9 Å². The number of ether oxygens (including phenoxy) is 1. The lowest BCUT2D eigenvalue weighted by Gasteiger charge is -2.31. The molecule has 2 heterocycles. The minimum atomic E-state index is 0.635. The summed E-state index contributed by atoms with van der Waals surface area (Å²) in [7, 11) is 3.81. The van der Waals surface area contributed by atoms with E-state index in [4.69, 9.17) is 4.74 Å². The maximum absolute atomic E-state index is 5.31. The highest BCUT2D eigenvalue weighted by atomic mass is 32.2. The van der Waals surface area contributed by atoms with Gasteiger partial charge >= 0.3 is 0 Å². The SMILES string of the molecule is COc1ncnc2c(SN3CCN(C)CC3)cccc12. The van der Waals surface area contributed by atoms with Crippen molar-refractivity contribution in [3.05, 3.63) is 24.5 Å². The normalized spacial score (nSPS) is 17.5. The summed E-state index contributed by atoms with van der Waals surface area (Å²) in [5.41, 5.74) is 0.961. The van der Waals surface area contributed by atoms with Gasteiger partial charge in [-0.15, -0.1) is 0 Å². The third-order valence-electron chi connectivity index (χ3n) is 3.47. The summed E-state index contributed by atoms with van der Waals surface area (Å²) in [6, 6.07) is 6.15. The average Bonchev–Trinajstić information content (AvgIpc) is 2.49. The van der Waals surface area contributed by atoms with Crippen molar-refractivity contribution in [2.24, 2.45) is 0 Å². The van der Waals surface area contributed by atoms with Crippen molar-refractivity contribution in [1.29, 1.82) is 0 Å². The smallest absolute Gasteiger partial charge is 0.224 e. The van der Waals surface area contributed by atoms with E-state index in [9.17, 15) is 0 Å². The van der Waals surface area contributed by atoms with Crippen molar-refractivity contribution >= 4 is 22.9 Å². The number of hydrogen-bond acceptors (Lipinski definition) is 6. The highest BCUT2D eigenvalue weighted by Crippen LogP contribution is 2.32. The van der Waals surface area contributed by atoms with Crippen LogP contribution in [0.4, 0.5) is 0 Å². The number of methoxy groups -OCH3 is 1. The highest BCUT2D eigenvalue weighted by molar-refractivity contribution is 7.97. The van der Waals surface area contributed by atoms with Crippen molar-refractivity contribution in [3.63, 3.8) is 0 Å². The molecule has 1 aliphatic rings. The molecule has 0 amide bonds. The van der Waals surface area contributed by atoms with Gasteiger partial charge < -0.3 is 9.64 Å². The molecule has 6 heteroatoms. The summed E-state index contributed by atoms with van der Waals surface area (Å²) in [4.78, 5) is 12.1. The molecule has 0 saturated carbocycles. The van der Waals surface area contributed by atoms with E-state index < -0.39 is 0 Å². The van der Waals surface area contributed by atoms with Crippen LogP contribution in [-0.2, 0) is 0 Å². The fourth-order valence-electron chi connectivity index (χ4n) is 2.29. The Morgan fingerprint density at radius 1 is 1.15 bits per heavy atom. The van der Waals surface area contributed by atoms with Gasteiger partial charge in [-0.2, -0.15) is 0 Å². The van der Waals surface area contributed by atoms with Crippen molar-refractivity contribution in [1.82, 2.24) is 19.2 Å². The zero-order valence-electron chi connectivity index (χ0n) is 11.7. The van der Waals surface area contributed by atoms with Gasteiger partial charge in [-0.05, 0) is 31.1 Å². The minimum absolute atomic E-state index is 0.635. The molecule has 1 saturated heterocycles. The highest BCUT2D eigenvalue weighted by Gasteiger charge is 2.17. The van der Waals surface area contributed by atoms with Crippen LogP contribution in [0.1, 0.15) is 0 Å². The molecule has 1 aromatic carbocycles. The topological polar surface area (TPSA) is 41.5 Å². The Balaban J connectivity index is 1.88. The quantitative estimate of drug-likeness (QED) is 0.804. The van der Waals surface area contributed by atoms with E-state index in [0.29, 0.717) is 5.88 Å². The van der Waals surface area contributed by atoms with E-state index in [-0.39, 0.29) is 0 Å². The van der Waals surface area contributed by atoms with E-state index in [2.05, 4.69) is 32.3 Å². The molecule has 0 aliphatic carbocycles. The molecule has 1 fully saturated rings. The van der Waals surface area contributed by atoms with Crippen LogP contribution in [0, 0.1) is 0 Å². The largest absolute Gasteiger partial charge is 0.480 e. The minimum Gasteiger partial charge on any atom is -0.480 e. The van der Waals surface area contributed by atoms with Crippen molar-refractivity contribution in [3.8, 4) is 5.88 Å². The molecular formula is C14H18N4OS. The van der Waals surface area contributed by atoms with Crippen LogP contribution >= 0.6 is 11.9 Å². The predicted octanol–water partition coefficient (Wildman–Crippen LogP) is 1.89. The molecule has 5 nitrogen and oxygen atoms in total. The maximum atomic E-state index is 5.31. The Labute approximate surface area is 123 Å². The van der Waals surface area contributed by atoms with Crippen molar-refractivity contribution in [2.45, 2.75) is 4.90 Å². The van der Waals surface area contributed by atoms with Crippen LogP contribution in [-0.4, -0.2) is 59.5 Å². The molecule has 0 atom stereocenters. The van der Waals surface area contributed by atoms with Gasteiger partial charge in [0.25, 0.3) is 0 Å². The molecule has 2 aromatic rings. The number of para-hydroxylation sites is 1. The predicted molar refractivity (Wildman–Crippen MR) is 81.0 cm³/mol. The van der Waals surface area contributed by atoms with Gasteiger partial charge in [0.2, 0.25) is 5.88 Å². The van der Waals surface area contributed by atoms with Crippen LogP contribution in [0.5, 0.6) is 5.88 Å². The fourth-order valence-corrected chi connectivity index (χ4v) is 3.30. The Kier molecular flexibility index (Phi) is 4.05. The monoisotopic (exact) mass is 290 g/mol. The molecule has 0 N–H and O–H groups in total. The standard InChI is InChI=1S/C14H18N4OS/c1-17-6-8-18(9-7-17)20-12-5-3-4-11-13(12)15-10-16-14(11)19-2/h3-5,10H,6-9H2,1-2H3. The number of nitrogens with zero attached hydrogens (tertiary/aromatic N) is 4. The number of benzene rings is 1. The van der Waals surface area contributed by atoms with E-state index in [1.807, 2.05) is 12.1 Å². The zero-order valence-corrected chi connectivity index (χ0v) is 12.6. The zero-order chi connectivity index (χ0) is 13.9. The number of hydrogen-bond donors (Lipinski definition) is 0. The first-order valence-corrected chi connectivity index (χ1v) is 7.44. The lowest BCUT2D eigenvalue weighted by atomic mass is 10.2. The average molecular weight is 290 g/mol. The summed E-state index contributed by atoms with van der Waals surface area (Å²) in [5, 5.41) is 0.967. The van der Waals surface area contributed by atoms with Crippen molar-refractivity contribution < 1.29 is 4.74 Å². The van der Waals surface area contributed by atoms with E-state index in [0.717, 1.165) is 42.0 Å². The number of aromatic nitrogens is 2. The molecule has 0 spiro atoms. The first-order valence-electron chi connectivity index (χ1n) is 6.67. The molecule has 3 rings (SSSR count). The molecule has 1 aromatic heterocycles. The molecule has 0 bridgehead atoms. The van der Waals surface area contributed by atoms with Crippen LogP contribution < -0.4 is 4.74 Å². The first kappa shape index (κ1) is 13.6. The second-order valence-electron chi connectivity index (χ2n) is 4.86. The molecule has 106 valence electrons. The Morgan fingerprint density at radius 3 is 2.70 bits per heavy atom. The third kappa shape index (κ3) is 2.72. The third-order valence-corrected chi connectivity index (χ3v) is 4.62. The van der Waals surface area contributed by atoms with Gasteiger partial charge in [-0.25, -0.2) is 14.3 Å². The molecular weight excluding hydrogens is 272 g/mol. The maximum Gasteiger partial charge on any atom is 0.224 e. The van der Waals surface area contributed by atoms with Gasteiger partial charge in [-0.1, -0.05) is 6.07 Å². The molecule has 1 aliphatic heterocycles. The molecule has 0 radical (unpaired) electrons. The Morgan fingerprint density at radius 2 is 1.95 bits per heavy atom. The van der Waals surface area contributed by atoms with Gasteiger partial charge in [0, 0.05) is 31.1 Å². The molecule has 0 unspecified atom stereocenters. The first-order chi connectivity index (χ1) is 9.78.